The molecule has 1 unspecified atom stereocenters. The second kappa shape index (κ2) is 11.2. The van der Waals surface area contributed by atoms with E-state index in [0.717, 1.165) is 12.0 Å². The number of benzene rings is 3. The summed E-state index contributed by atoms with van der Waals surface area (Å²) in [5.74, 6) is -0.176. The molecule has 5 rings (SSSR count). The first-order valence-corrected chi connectivity index (χ1v) is 14.0. The zero-order valence-corrected chi connectivity index (χ0v) is 23.9. The van der Waals surface area contributed by atoms with Gasteiger partial charge < -0.3 is 14.9 Å². The van der Waals surface area contributed by atoms with Gasteiger partial charge in [-0.3, -0.25) is 9.36 Å². The van der Waals surface area contributed by atoms with Gasteiger partial charge in [0, 0.05) is 42.2 Å². The summed E-state index contributed by atoms with van der Waals surface area (Å²) in [5.41, 5.74) is 2.99. The first-order valence-electron chi connectivity index (χ1n) is 14.0. The van der Waals surface area contributed by atoms with Crippen LogP contribution in [0.4, 0.5) is 10.2 Å². The molecule has 2 heterocycles. The van der Waals surface area contributed by atoms with E-state index in [-0.39, 0.29) is 29.2 Å². The molecule has 4 aromatic rings. The number of halogens is 1. The van der Waals surface area contributed by atoms with Crippen molar-refractivity contribution in [3.8, 4) is 22.6 Å². The van der Waals surface area contributed by atoms with Gasteiger partial charge in [-0.15, -0.1) is 0 Å². The van der Waals surface area contributed by atoms with Crippen LogP contribution in [0.25, 0.3) is 27.7 Å². The van der Waals surface area contributed by atoms with Crippen molar-refractivity contribution in [2.24, 2.45) is 0 Å². The van der Waals surface area contributed by atoms with Crippen LogP contribution < -0.4 is 10.6 Å². The molecular weight excluding hydrogens is 519 g/mol. The fourth-order valence-electron chi connectivity index (χ4n) is 5.81. The maximum absolute atomic E-state index is 16.0. The van der Waals surface area contributed by atoms with Crippen molar-refractivity contribution < 1.29 is 14.3 Å². The van der Waals surface area contributed by atoms with Crippen molar-refractivity contribution in [3.63, 3.8) is 0 Å². The third-order valence-corrected chi connectivity index (χ3v) is 8.19. The molecule has 1 aliphatic rings. The molecule has 1 aliphatic heterocycles. The molecule has 41 heavy (non-hydrogen) atoms. The summed E-state index contributed by atoms with van der Waals surface area (Å²) in [6.45, 7) is 12.8. The number of anilines is 1. The highest BCUT2D eigenvalue weighted by Gasteiger charge is 2.30. The Balaban J connectivity index is 1.81. The van der Waals surface area contributed by atoms with Gasteiger partial charge in [0.05, 0.1) is 11.2 Å². The van der Waals surface area contributed by atoms with Gasteiger partial charge in [0.1, 0.15) is 17.4 Å². The quantitative estimate of drug-likeness (QED) is 0.299. The van der Waals surface area contributed by atoms with Gasteiger partial charge in [0.2, 0.25) is 5.91 Å². The van der Waals surface area contributed by atoms with Crippen LogP contribution in [-0.2, 0) is 4.79 Å². The second-order valence-electron chi connectivity index (χ2n) is 10.8. The van der Waals surface area contributed by atoms with Crippen LogP contribution in [0.2, 0.25) is 0 Å². The molecule has 1 amide bonds. The molecule has 3 aromatic carbocycles. The van der Waals surface area contributed by atoms with Crippen LogP contribution in [0.5, 0.6) is 5.75 Å². The predicted molar refractivity (Wildman–Crippen MR) is 161 cm³/mol. The van der Waals surface area contributed by atoms with E-state index in [0.29, 0.717) is 53.2 Å². The Bertz CT molecular complexity index is 1690. The van der Waals surface area contributed by atoms with Crippen LogP contribution in [0, 0.1) is 12.7 Å². The van der Waals surface area contributed by atoms with E-state index >= 15 is 4.39 Å². The molecule has 0 spiro atoms. The number of piperazine rings is 1. The molecule has 1 aromatic heterocycles. The summed E-state index contributed by atoms with van der Waals surface area (Å²) < 4.78 is 17.6. The minimum atomic E-state index is -0.529. The molecule has 0 aliphatic carbocycles. The molecule has 212 valence electrons. The highest BCUT2D eigenvalue weighted by molar-refractivity contribution is 5.95. The van der Waals surface area contributed by atoms with Crippen LogP contribution >= 0.6 is 0 Å². The van der Waals surface area contributed by atoms with Crippen molar-refractivity contribution >= 4 is 22.6 Å². The molecule has 0 saturated carbocycles. The van der Waals surface area contributed by atoms with Crippen LogP contribution in [0.15, 0.2) is 72.0 Å². The van der Waals surface area contributed by atoms with E-state index in [4.69, 9.17) is 0 Å². The third kappa shape index (κ3) is 4.99. The molecule has 0 radical (unpaired) electrons. The van der Waals surface area contributed by atoms with Crippen molar-refractivity contribution in [1.82, 2.24) is 14.5 Å². The van der Waals surface area contributed by atoms with Gasteiger partial charge in [0.25, 0.3) is 0 Å². The SMILES string of the molecule is C=CC(=O)N1CCN(c2nc(=O)n(-c3ccccc3C(C)CC)c3cc(-c4c(C)cccc4O)c(F)cc23)[C@@H](C)C1. The summed E-state index contributed by atoms with van der Waals surface area (Å²) in [6, 6.07) is 15.7. The smallest absolute Gasteiger partial charge is 0.354 e. The molecule has 1 N–H and O–H groups in total. The van der Waals surface area contributed by atoms with E-state index in [2.05, 4.69) is 25.4 Å². The summed E-state index contributed by atoms with van der Waals surface area (Å²) in [7, 11) is 0. The Morgan fingerprint density at radius 3 is 2.63 bits per heavy atom. The normalized spacial score (nSPS) is 16.2. The lowest BCUT2D eigenvalue weighted by Crippen LogP contribution is -2.54. The number of hydrogen-bond donors (Lipinski definition) is 1. The van der Waals surface area contributed by atoms with E-state index in [9.17, 15) is 14.7 Å². The number of rotatable bonds is 6. The number of carbonyl (C=O) groups is 1. The number of para-hydroxylation sites is 1. The lowest BCUT2D eigenvalue weighted by Gasteiger charge is -2.40. The van der Waals surface area contributed by atoms with Gasteiger partial charge >= 0.3 is 5.69 Å². The van der Waals surface area contributed by atoms with Gasteiger partial charge in [-0.05, 0) is 67.7 Å². The van der Waals surface area contributed by atoms with Gasteiger partial charge in [-0.1, -0.05) is 50.8 Å². The van der Waals surface area contributed by atoms with Crippen LogP contribution in [-0.4, -0.2) is 51.1 Å². The number of nitrogens with zero attached hydrogens (tertiary/aromatic N) is 4. The van der Waals surface area contributed by atoms with E-state index in [1.54, 1.807) is 21.6 Å². The number of aryl methyl sites for hydroxylation is 1. The van der Waals surface area contributed by atoms with Crippen molar-refractivity contribution in [2.45, 2.75) is 46.1 Å². The fraction of sp³-hybridized carbons (Fsp3) is 0.303. The molecule has 2 atom stereocenters. The first kappa shape index (κ1) is 28.1. The predicted octanol–water partition coefficient (Wildman–Crippen LogP) is 5.94. The average Bonchev–Trinajstić information content (AvgIpc) is 2.96. The molecule has 1 fully saturated rings. The maximum atomic E-state index is 16.0. The lowest BCUT2D eigenvalue weighted by molar-refractivity contribution is -0.126. The molecular formula is C33H35FN4O3. The van der Waals surface area contributed by atoms with Crippen LogP contribution in [0.3, 0.4) is 0 Å². The molecule has 0 bridgehead atoms. The first-order chi connectivity index (χ1) is 19.7. The Morgan fingerprint density at radius 2 is 1.95 bits per heavy atom. The van der Waals surface area contributed by atoms with Gasteiger partial charge in [-0.2, -0.15) is 4.98 Å². The second-order valence-corrected chi connectivity index (χ2v) is 10.8. The average molecular weight is 555 g/mol. The number of aromatic hydroxyl groups is 1. The standard InChI is InChI=1S/C33H35FN4O3/c1-6-20(3)23-12-8-9-13-27(23)38-28-18-24(31-21(4)11-10-14-29(31)39)26(34)17-25(28)32(35-33(38)41)37-16-15-36(19-22(37)5)30(40)7-2/h7-14,17-18,20,22,39H,2,6,15-16,19H2,1,3-5H3/t20?,22-/m0/s1. The number of hydrogen-bond acceptors (Lipinski definition) is 5. The summed E-state index contributed by atoms with van der Waals surface area (Å²) in [5, 5.41) is 11.2. The number of phenols is 1. The summed E-state index contributed by atoms with van der Waals surface area (Å²) in [6.07, 6.45) is 2.17. The zero-order chi connectivity index (χ0) is 29.4. The highest BCUT2D eigenvalue weighted by Crippen LogP contribution is 2.39. The number of fused-ring (bicyclic) bond motifs is 1. The molecule has 7 nitrogen and oxygen atoms in total. The van der Waals surface area contributed by atoms with Crippen LogP contribution in [0.1, 0.15) is 44.2 Å². The lowest BCUT2D eigenvalue weighted by atomic mass is 9.95. The van der Waals surface area contributed by atoms with Crippen molar-refractivity contribution in [2.75, 3.05) is 24.5 Å². The molecule has 8 heteroatoms. The zero-order valence-electron chi connectivity index (χ0n) is 23.9. The van der Waals surface area contributed by atoms with Crippen molar-refractivity contribution in [3.05, 3.63) is 94.7 Å². The Hall–Kier alpha value is -4.46. The van der Waals surface area contributed by atoms with E-state index < -0.39 is 11.5 Å². The van der Waals surface area contributed by atoms with E-state index in [1.807, 2.05) is 49.1 Å². The Morgan fingerprint density at radius 1 is 1.20 bits per heavy atom. The van der Waals surface area contributed by atoms with Crippen molar-refractivity contribution in [1.29, 1.82) is 0 Å². The van der Waals surface area contributed by atoms with Gasteiger partial charge in [-0.25, -0.2) is 9.18 Å². The minimum absolute atomic E-state index is 0.0388. The van der Waals surface area contributed by atoms with Gasteiger partial charge in [0.15, 0.2) is 0 Å². The topological polar surface area (TPSA) is 78.7 Å². The fourth-order valence-corrected chi connectivity index (χ4v) is 5.81. The number of phenolic OH excluding ortho intramolecular Hbond substituents is 1. The molecule has 1 saturated heterocycles. The summed E-state index contributed by atoms with van der Waals surface area (Å²) >= 11 is 0. The number of amides is 1. The minimum Gasteiger partial charge on any atom is -0.507 e. The Kier molecular flexibility index (Phi) is 7.67. The third-order valence-electron chi connectivity index (χ3n) is 8.19. The maximum Gasteiger partial charge on any atom is 0.354 e. The summed E-state index contributed by atoms with van der Waals surface area (Å²) in [4.78, 5) is 34.4. The van der Waals surface area contributed by atoms with E-state index in [1.165, 1.54) is 18.2 Å². The largest absolute Gasteiger partial charge is 0.507 e. The number of carbonyl (C=O) groups excluding carboxylic acids is 1. The highest BCUT2D eigenvalue weighted by atomic mass is 19.1. The number of aromatic nitrogens is 2. The Labute approximate surface area is 239 Å². The monoisotopic (exact) mass is 554 g/mol.